The maximum absolute atomic E-state index is 10.5. The number of hydrogen-bond acceptors (Lipinski definition) is 5. The van der Waals surface area contributed by atoms with Crippen molar-refractivity contribution in [1.82, 2.24) is 9.97 Å². The lowest BCUT2D eigenvalue weighted by Gasteiger charge is -1.98. The van der Waals surface area contributed by atoms with Crippen LogP contribution in [0.25, 0.3) is 10.4 Å². The van der Waals surface area contributed by atoms with Gasteiger partial charge in [0.25, 0.3) is 0 Å². The van der Waals surface area contributed by atoms with Gasteiger partial charge in [-0.25, -0.2) is 9.97 Å². The largest absolute Gasteiger partial charge is 0.467 e. The molecule has 15 heavy (non-hydrogen) atoms. The summed E-state index contributed by atoms with van der Waals surface area (Å²) in [5.74, 6) is 0. The first-order valence-electron chi connectivity index (χ1n) is 4.25. The molecule has 4 nitrogen and oxygen atoms in total. The van der Waals surface area contributed by atoms with Crippen LogP contribution in [0, 0.1) is 0 Å². The topological polar surface area (TPSA) is 52.1 Å². The van der Waals surface area contributed by atoms with Crippen molar-refractivity contribution < 1.29 is 9.53 Å². The molecular weight excluding hydrogens is 212 g/mol. The van der Waals surface area contributed by atoms with Crippen molar-refractivity contribution in [2.75, 3.05) is 7.11 Å². The molecule has 0 amide bonds. The predicted molar refractivity (Wildman–Crippen MR) is 57.3 cm³/mol. The Morgan fingerprint density at radius 1 is 1.33 bits per heavy atom. The van der Waals surface area contributed by atoms with Crippen LogP contribution in [0.1, 0.15) is 9.67 Å². The maximum Gasteiger partial charge on any atom is 0.316 e. The van der Waals surface area contributed by atoms with Gasteiger partial charge in [0.2, 0.25) is 0 Å². The molecule has 0 saturated heterocycles. The monoisotopic (exact) mass is 220 g/mol. The zero-order valence-electron chi connectivity index (χ0n) is 8.01. The van der Waals surface area contributed by atoms with Gasteiger partial charge in [-0.05, 0) is 12.1 Å². The number of hydrogen-bond donors (Lipinski definition) is 0. The standard InChI is InChI=1S/C10H8N2O2S/c1-14-10-11-4-7(5-12-10)9-3-2-8(6-13)15-9/h2-6H,1H3. The van der Waals surface area contributed by atoms with Crippen LogP contribution < -0.4 is 4.74 Å². The SMILES string of the molecule is COc1ncc(-c2ccc(C=O)s2)cn1. The number of carbonyl (C=O) groups excluding carboxylic acids is 1. The highest BCUT2D eigenvalue weighted by molar-refractivity contribution is 7.17. The van der Waals surface area contributed by atoms with E-state index in [4.69, 9.17) is 4.74 Å². The van der Waals surface area contributed by atoms with Crippen LogP contribution >= 0.6 is 11.3 Å². The van der Waals surface area contributed by atoms with E-state index < -0.39 is 0 Å². The first kappa shape index (κ1) is 9.79. The van der Waals surface area contributed by atoms with Crippen molar-refractivity contribution in [1.29, 1.82) is 0 Å². The number of ether oxygens (including phenoxy) is 1. The molecule has 2 rings (SSSR count). The Kier molecular flexibility index (Phi) is 2.73. The summed E-state index contributed by atoms with van der Waals surface area (Å²) in [4.78, 5) is 20.2. The molecule has 0 aliphatic rings. The summed E-state index contributed by atoms with van der Waals surface area (Å²) in [5, 5.41) is 0. The summed E-state index contributed by atoms with van der Waals surface area (Å²) >= 11 is 1.41. The van der Waals surface area contributed by atoms with Crippen molar-refractivity contribution in [3.05, 3.63) is 29.4 Å². The number of thiophene rings is 1. The van der Waals surface area contributed by atoms with Crippen molar-refractivity contribution >= 4 is 17.6 Å². The van der Waals surface area contributed by atoms with Crippen molar-refractivity contribution in [3.8, 4) is 16.5 Å². The zero-order valence-corrected chi connectivity index (χ0v) is 8.82. The first-order valence-corrected chi connectivity index (χ1v) is 5.06. The molecule has 76 valence electrons. The van der Waals surface area contributed by atoms with E-state index in [0.29, 0.717) is 10.9 Å². The van der Waals surface area contributed by atoms with Gasteiger partial charge >= 0.3 is 6.01 Å². The highest BCUT2D eigenvalue weighted by Crippen LogP contribution is 2.26. The fourth-order valence-corrected chi connectivity index (χ4v) is 1.92. The third-order valence-corrected chi connectivity index (χ3v) is 2.90. The van der Waals surface area contributed by atoms with E-state index in [1.54, 1.807) is 18.5 Å². The number of rotatable bonds is 3. The lowest BCUT2D eigenvalue weighted by atomic mass is 10.3. The Balaban J connectivity index is 2.32. The minimum absolute atomic E-state index is 0.339. The van der Waals surface area contributed by atoms with Crippen LogP contribution in [0.15, 0.2) is 24.5 Å². The van der Waals surface area contributed by atoms with Crippen LogP contribution in [0.4, 0.5) is 0 Å². The first-order chi connectivity index (χ1) is 7.33. The van der Waals surface area contributed by atoms with Crippen LogP contribution in [0.2, 0.25) is 0 Å². The normalized spacial score (nSPS) is 9.93. The second-order valence-electron chi connectivity index (χ2n) is 2.78. The molecule has 2 aromatic heterocycles. The summed E-state index contributed by atoms with van der Waals surface area (Å²) in [6, 6.07) is 3.99. The lowest BCUT2D eigenvalue weighted by molar-refractivity contribution is 0.112. The maximum atomic E-state index is 10.5. The van der Waals surface area contributed by atoms with Gasteiger partial charge in [0, 0.05) is 22.8 Å². The van der Waals surface area contributed by atoms with Crippen molar-refractivity contribution in [3.63, 3.8) is 0 Å². The summed E-state index contributed by atoms with van der Waals surface area (Å²) in [7, 11) is 1.52. The van der Waals surface area contributed by atoms with E-state index >= 15 is 0 Å². The molecule has 0 atom stereocenters. The second-order valence-corrected chi connectivity index (χ2v) is 3.89. The van der Waals surface area contributed by atoms with E-state index in [1.807, 2.05) is 6.07 Å². The molecule has 0 aromatic carbocycles. The summed E-state index contributed by atoms with van der Waals surface area (Å²) in [6.07, 6.45) is 4.18. The molecule has 0 aliphatic carbocycles. The van der Waals surface area contributed by atoms with Gasteiger partial charge in [0.1, 0.15) is 0 Å². The van der Waals surface area contributed by atoms with Gasteiger partial charge in [-0.2, -0.15) is 0 Å². The number of carbonyl (C=O) groups is 1. The van der Waals surface area contributed by atoms with E-state index in [9.17, 15) is 4.79 Å². The molecule has 2 aromatic rings. The molecule has 0 radical (unpaired) electrons. The lowest BCUT2D eigenvalue weighted by Crippen LogP contribution is -1.90. The quantitative estimate of drug-likeness (QED) is 0.742. The minimum atomic E-state index is 0.339. The molecule has 0 saturated carbocycles. The number of nitrogens with zero attached hydrogens (tertiary/aromatic N) is 2. The number of aromatic nitrogens is 2. The Labute approximate surface area is 90.6 Å². The molecule has 0 fully saturated rings. The van der Waals surface area contributed by atoms with Crippen molar-refractivity contribution in [2.45, 2.75) is 0 Å². The van der Waals surface area contributed by atoms with Gasteiger partial charge in [0.15, 0.2) is 6.29 Å². The van der Waals surface area contributed by atoms with Gasteiger partial charge in [-0.15, -0.1) is 11.3 Å². The summed E-state index contributed by atoms with van der Waals surface area (Å²) < 4.78 is 4.86. The van der Waals surface area contributed by atoms with Crippen LogP contribution in [0.3, 0.4) is 0 Å². The number of methoxy groups -OCH3 is 1. The molecule has 0 N–H and O–H groups in total. The fourth-order valence-electron chi connectivity index (χ4n) is 1.12. The van der Waals surface area contributed by atoms with Crippen LogP contribution in [0.5, 0.6) is 6.01 Å². The highest BCUT2D eigenvalue weighted by atomic mass is 32.1. The van der Waals surface area contributed by atoms with Gasteiger partial charge in [-0.1, -0.05) is 0 Å². The van der Waals surface area contributed by atoms with Gasteiger partial charge in [0.05, 0.1) is 12.0 Å². The van der Waals surface area contributed by atoms with E-state index in [-0.39, 0.29) is 0 Å². The Bertz CT molecular complexity index is 465. The molecule has 0 bridgehead atoms. The van der Waals surface area contributed by atoms with Crippen LogP contribution in [-0.2, 0) is 0 Å². The van der Waals surface area contributed by atoms with Crippen LogP contribution in [-0.4, -0.2) is 23.4 Å². The number of aldehydes is 1. The Morgan fingerprint density at radius 2 is 2.07 bits per heavy atom. The third kappa shape index (κ3) is 2.02. The fraction of sp³-hybridized carbons (Fsp3) is 0.100. The summed E-state index contributed by atoms with van der Waals surface area (Å²) in [5.41, 5.74) is 0.883. The molecule has 0 aliphatic heterocycles. The molecule has 0 spiro atoms. The minimum Gasteiger partial charge on any atom is -0.467 e. The van der Waals surface area contributed by atoms with Gasteiger partial charge in [-0.3, -0.25) is 4.79 Å². The Hall–Kier alpha value is -1.75. The molecule has 2 heterocycles. The van der Waals surface area contributed by atoms with E-state index in [2.05, 4.69) is 9.97 Å². The predicted octanol–water partition coefficient (Wildman–Crippen LogP) is 2.03. The van der Waals surface area contributed by atoms with E-state index in [1.165, 1.54) is 18.4 Å². The third-order valence-electron chi connectivity index (χ3n) is 1.84. The smallest absolute Gasteiger partial charge is 0.316 e. The molecule has 0 unspecified atom stereocenters. The van der Waals surface area contributed by atoms with Gasteiger partial charge < -0.3 is 4.74 Å². The van der Waals surface area contributed by atoms with E-state index in [0.717, 1.165) is 16.7 Å². The average molecular weight is 220 g/mol. The summed E-state index contributed by atoms with van der Waals surface area (Å²) in [6.45, 7) is 0. The second kappa shape index (κ2) is 4.18. The Morgan fingerprint density at radius 3 is 2.60 bits per heavy atom. The zero-order chi connectivity index (χ0) is 10.7. The van der Waals surface area contributed by atoms with Crippen molar-refractivity contribution in [2.24, 2.45) is 0 Å². The highest BCUT2D eigenvalue weighted by Gasteiger charge is 2.03. The average Bonchev–Trinajstić information content (AvgIpc) is 2.78. The molecular formula is C10H8N2O2S. The molecule has 5 heteroatoms.